The number of tetrazole rings is 1. The average molecular weight is 289 g/mol. The van der Waals surface area contributed by atoms with Crippen molar-refractivity contribution in [3.8, 4) is 11.4 Å². The fourth-order valence-corrected chi connectivity index (χ4v) is 2.42. The van der Waals surface area contributed by atoms with Gasteiger partial charge in [0.2, 0.25) is 11.7 Å². The van der Waals surface area contributed by atoms with Crippen LogP contribution in [0, 0.1) is 5.82 Å². The van der Waals surface area contributed by atoms with Gasteiger partial charge in [0.05, 0.1) is 0 Å². The highest BCUT2D eigenvalue weighted by molar-refractivity contribution is 5.75. The number of carbonyl (C=O) groups is 1. The Balaban J connectivity index is 1.69. The van der Waals surface area contributed by atoms with Gasteiger partial charge in [-0.15, -0.1) is 10.2 Å². The van der Waals surface area contributed by atoms with Crippen molar-refractivity contribution in [3.05, 3.63) is 30.1 Å². The zero-order valence-corrected chi connectivity index (χ0v) is 11.6. The van der Waals surface area contributed by atoms with Crippen LogP contribution in [-0.2, 0) is 11.3 Å². The summed E-state index contributed by atoms with van der Waals surface area (Å²) in [6.45, 7) is 1.66. The molecule has 2 aromatic rings. The lowest BCUT2D eigenvalue weighted by atomic mass is 10.1. The molecule has 1 fully saturated rings. The zero-order valence-electron chi connectivity index (χ0n) is 11.6. The third-order valence-electron chi connectivity index (χ3n) is 3.52. The highest BCUT2D eigenvalue weighted by Crippen LogP contribution is 2.14. The van der Waals surface area contributed by atoms with Crippen molar-refractivity contribution in [3.63, 3.8) is 0 Å². The van der Waals surface area contributed by atoms with Crippen LogP contribution >= 0.6 is 0 Å². The van der Waals surface area contributed by atoms with Gasteiger partial charge in [-0.1, -0.05) is 12.1 Å². The molecule has 1 aromatic carbocycles. The molecule has 1 aliphatic heterocycles. The van der Waals surface area contributed by atoms with Gasteiger partial charge in [0.15, 0.2) is 0 Å². The highest BCUT2D eigenvalue weighted by Gasteiger charge is 2.18. The first-order chi connectivity index (χ1) is 10.2. The Labute approximate surface area is 121 Å². The molecule has 0 atom stereocenters. The van der Waals surface area contributed by atoms with Crippen molar-refractivity contribution >= 4 is 5.91 Å². The Morgan fingerprint density at radius 2 is 2.05 bits per heavy atom. The number of likely N-dealkylation sites (tertiary alicyclic amines) is 1. The summed E-state index contributed by atoms with van der Waals surface area (Å²) in [6, 6.07) is 5.99. The van der Waals surface area contributed by atoms with Crippen molar-refractivity contribution in [2.75, 3.05) is 13.1 Å². The van der Waals surface area contributed by atoms with Gasteiger partial charge in [-0.2, -0.15) is 4.80 Å². The van der Waals surface area contributed by atoms with Gasteiger partial charge in [-0.3, -0.25) is 4.79 Å². The maximum atomic E-state index is 13.2. The van der Waals surface area contributed by atoms with Gasteiger partial charge >= 0.3 is 0 Å². The molecule has 7 heteroatoms. The second-order valence-corrected chi connectivity index (χ2v) is 5.10. The Bertz CT molecular complexity index is 636. The Kier molecular flexibility index (Phi) is 3.89. The number of benzene rings is 1. The molecule has 0 radical (unpaired) electrons. The maximum absolute atomic E-state index is 13.2. The van der Waals surface area contributed by atoms with Gasteiger partial charge in [0.25, 0.3) is 0 Å². The van der Waals surface area contributed by atoms with Gasteiger partial charge in [0, 0.05) is 18.7 Å². The molecule has 0 aliphatic carbocycles. The molecule has 0 saturated carbocycles. The summed E-state index contributed by atoms with van der Waals surface area (Å²) in [5.74, 6) is -0.0351. The van der Waals surface area contributed by atoms with Crippen molar-refractivity contribution < 1.29 is 9.18 Å². The van der Waals surface area contributed by atoms with Crippen molar-refractivity contribution in [1.82, 2.24) is 25.1 Å². The lowest BCUT2D eigenvalue weighted by Crippen LogP contribution is -2.38. The number of hydrogen-bond acceptors (Lipinski definition) is 4. The average Bonchev–Trinajstić information content (AvgIpc) is 2.97. The molecule has 0 spiro atoms. The number of piperidine rings is 1. The van der Waals surface area contributed by atoms with Crippen LogP contribution in [0.15, 0.2) is 24.3 Å². The van der Waals surface area contributed by atoms with Crippen molar-refractivity contribution in [2.24, 2.45) is 0 Å². The van der Waals surface area contributed by atoms with E-state index >= 15 is 0 Å². The fourth-order valence-electron chi connectivity index (χ4n) is 2.42. The smallest absolute Gasteiger partial charge is 0.246 e. The van der Waals surface area contributed by atoms with Crippen LogP contribution in [-0.4, -0.2) is 44.1 Å². The maximum Gasteiger partial charge on any atom is 0.246 e. The largest absolute Gasteiger partial charge is 0.341 e. The van der Waals surface area contributed by atoms with Crippen LogP contribution in [0.4, 0.5) is 4.39 Å². The third kappa shape index (κ3) is 3.24. The molecule has 1 aromatic heterocycles. The van der Waals surface area contributed by atoms with E-state index in [4.69, 9.17) is 0 Å². The molecule has 21 heavy (non-hydrogen) atoms. The molecular weight excluding hydrogens is 273 g/mol. The standard InChI is InChI=1S/C14H16FN5O/c15-12-6-4-5-11(9-12)14-16-18-20(17-14)10-13(21)19-7-2-1-3-8-19/h4-6,9H,1-3,7-8,10H2. The van der Waals surface area contributed by atoms with Crippen LogP contribution < -0.4 is 0 Å². The predicted molar refractivity (Wildman–Crippen MR) is 73.6 cm³/mol. The normalized spacial score (nSPS) is 15.2. The monoisotopic (exact) mass is 289 g/mol. The molecule has 110 valence electrons. The Morgan fingerprint density at radius 3 is 2.81 bits per heavy atom. The first kappa shape index (κ1) is 13.7. The molecule has 0 N–H and O–H groups in total. The number of amides is 1. The quantitative estimate of drug-likeness (QED) is 0.859. The fraction of sp³-hybridized carbons (Fsp3) is 0.429. The lowest BCUT2D eigenvalue weighted by Gasteiger charge is -2.26. The van der Waals surface area contributed by atoms with E-state index in [1.807, 2.05) is 4.90 Å². The van der Waals surface area contributed by atoms with Crippen LogP contribution in [0.3, 0.4) is 0 Å². The topological polar surface area (TPSA) is 63.9 Å². The second-order valence-electron chi connectivity index (χ2n) is 5.10. The number of carbonyl (C=O) groups excluding carboxylic acids is 1. The SMILES string of the molecule is O=C(Cn1nnc(-c2cccc(F)c2)n1)N1CCCCC1. The second kappa shape index (κ2) is 5.99. The zero-order chi connectivity index (χ0) is 14.7. The minimum atomic E-state index is -0.353. The van der Waals surface area contributed by atoms with Crippen molar-refractivity contribution in [2.45, 2.75) is 25.8 Å². The van der Waals surface area contributed by atoms with Crippen LogP contribution in [0.5, 0.6) is 0 Å². The van der Waals surface area contributed by atoms with Gasteiger partial charge in [-0.05, 0) is 36.6 Å². The van der Waals surface area contributed by atoms with Gasteiger partial charge in [-0.25, -0.2) is 4.39 Å². The molecule has 1 aliphatic rings. The number of rotatable bonds is 3. The van der Waals surface area contributed by atoms with E-state index < -0.39 is 0 Å². The number of aromatic nitrogens is 4. The first-order valence-corrected chi connectivity index (χ1v) is 7.04. The Morgan fingerprint density at radius 1 is 1.24 bits per heavy atom. The van der Waals surface area contributed by atoms with E-state index in [1.54, 1.807) is 12.1 Å². The molecule has 0 bridgehead atoms. The molecule has 0 unspecified atom stereocenters. The summed E-state index contributed by atoms with van der Waals surface area (Å²) in [6.07, 6.45) is 3.27. The number of nitrogens with zero attached hydrogens (tertiary/aromatic N) is 5. The molecular formula is C14H16FN5O. The molecule has 2 heterocycles. The van der Waals surface area contributed by atoms with Crippen molar-refractivity contribution in [1.29, 1.82) is 0 Å². The van der Waals surface area contributed by atoms with E-state index in [9.17, 15) is 9.18 Å². The van der Waals surface area contributed by atoms with Crippen LogP contribution in [0.25, 0.3) is 11.4 Å². The van der Waals surface area contributed by atoms with Gasteiger partial charge < -0.3 is 4.90 Å². The summed E-state index contributed by atoms with van der Waals surface area (Å²) in [4.78, 5) is 15.2. The molecule has 1 amide bonds. The van der Waals surface area contributed by atoms with E-state index in [-0.39, 0.29) is 18.3 Å². The van der Waals surface area contributed by atoms with E-state index in [2.05, 4.69) is 15.4 Å². The molecule has 1 saturated heterocycles. The third-order valence-corrected chi connectivity index (χ3v) is 3.52. The molecule has 6 nitrogen and oxygen atoms in total. The van der Waals surface area contributed by atoms with E-state index in [0.29, 0.717) is 11.4 Å². The first-order valence-electron chi connectivity index (χ1n) is 7.04. The predicted octanol–water partition coefficient (Wildman–Crippen LogP) is 1.49. The minimum Gasteiger partial charge on any atom is -0.341 e. The summed E-state index contributed by atoms with van der Waals surface area (Å²) in [7, 11) is 0. The number of hydrogen-bond donors (Lipinski definition) is 0. The van der Waals surface area contributed by atoms with E-state index in [1.165, 1.54) is 23.4 Å². The summed E-state index contributed by atoms with van der Waals surface area (Å²) in [5, 5.41) is 11.9. The number of halogens is 1. The van der Waals surface area contributed by atoms with Crippen LogP contribution in [0.2, 0.25) is 0 Å². The lowest BCUT2D eigenvalue weighted by molar-refractivity contribution is -0.133. The van der Waals surface area contributed by atoms with Crippen LogP contribution in [0.1, 0.15) is 19.3 Å². The van der Waals surface area contributed by atoms with Gasteiger partial charge in [0.1, 0.15) is 12.4 Å². The summed E-state index contributed by atoms with van der Waals surface area (Å²) in [5.41, 5.74) is 0.548. The van der Waals surface area contributed by atoms with E-state index in [0.717, 1.165) is 25.9 Å². The highest BCUT2D eigenvalue weighted by atomic mass is 19.1. The minimum absolute atomic E-state index is 0.00195. The molecule has 3 rings (SSSR count). The summed E-state index contributed by atoms with van der Waals surface area (Å²) < 4.78 is 13.2. The summed E-state index contributed by atoms with van der Waals surface area (Å²) >= 11 is 0. The Hall–Kier alpha value is -2.31.